The zero-order valence-corrected chi connectivity index (χ0v) is 11.1. The lowest BCUT2D eigenvalue weighted by Crippen LogP contribution is -2.42. The van der Waals surface area contributed by atoms with Crippen LogP contribution in [0.1, 0.15) is 18.4 Å². The molecule has 1 aromatic carbocycles. The number of hydrogen-bond donors (Lipinski definition) is 0. The minimum atomic E-state index is -0.217. The molecule has 1 aliphatic heterocycles. The number of alkyl halides is 1. The van der Waals surface area contributed by atoms with E-state index in [0.29, 0.717) is 13.0 Å². The zero-order chi connectivity index (χ0) is 12.3. The van der Waals surface area contributed by atoms with Crippen LogP contribution in [0.25, 0.3) is 0 Å². The van der Waals surface area contributed by atoms with Crippen molar-refractivity contribution in [1.29, 1.82) is 0 Å². The average molecular weight is 300 g/mol. The maximum absolute atomic E-state index is 13.0. The van der Waals surface area contributed by atoms with Crippen LogP contribution in [0.15, 0.2) is 24.3 Å². The van der Waals surface area contributed by atoms with Gasteiger partial charge in [-0.2, -0.15) is 0 Å². The summed E-state index contributed by atoms with van der Waals surface area (Å²) in [4.78, 5) is 13.6. The molecule has 0 aromatic heterocycles. The molecule has 0 spiro atoms. The third-order valence-corrected chi connectivity index (χ3v) is 3.87. The molecule has 0 aliphatic carbocycles. The number of carbonyl (C=O) groups is 1. The third-order valence-electron chi connectivity index (χ3n) is 3.02. The normalized spacial score (nSPS) is 20.7. The van der Waals surface area contributed by atoms with Crippen molar-refractivity contribution in [3.8, 4) is 0 Å². The Hall–Kier alpha value is -0.900. The van der Waals surface area contributed by atoms with Crippen LogP contribution in [0.2, 0.25) is 0 Å². The molecule has 1 amide bonds. The molecule has 4 heteroatoms. The lowest BCUT2D eigenvalue weighted by Gasteiger charge is -2.29. The number of halogens is 2. The molecule has 1 fully saturated rings. The third kappa shape index (κ3) is 3.28. The molecule has 17 heavy (non-hydrogen) atoms. The predicted molar refractivity (Wildman–Crippen MR) is 68.6 cm³/mol. The van der Waals surface area contributed by atoms with Gasteiger partial charge in [0.05, 0.1) is 4.83 Å². The number of carbonyl (C=O) groups excluding carboxylic acids is 1. The van der Waals surface area contributed by atoms with Crippen LogP contribution < -0.4 is 0 Å². The van der Waals surface area contributed by atoms with Gasteiger partial charge in [-0.15, -0.1) is 0 Å². The smallest absolute Gasteiger partial charge is 0.236 e. The van der Waals surface area contributed by atoms with E-state index in [9.17, 15) is 9.18 Å². The van der Waals surface area contributed by atoms with Gasteiger partial charge in [-0.1, -0.05) is 28.1 Å². The Kier molecular flexibility index (Phi) is 4.15. The topological polar surface area (TPSA) is 20.3 Å². The molecule has 92 valence electrons. The van der Waals surface area contributed by atoms with Gasteiger partial charge >= 0.3 is 0 Å². The Morgan fingerprint density at radius 2 is 2.29 bits per heavy atom. The lowest BCUT2D eigenvalue weighted by molar-refractivity contribution is -0.132. The summed E-state index contributed by atoms with van der Waals surface area (Å²) in [6.07, 6.45) is 2.66. The van der Waals surface area contributed by atoms with E-state index in [1.54, 1.807) is 6.07 Å². The lowest BCUT2D eigenvalue weighted by atomic mass is 10.1. The van der Waals surface area contributed by atoms with Gasteiger partial charge in [0, 0.05) is 13.1 Å². The summed E-state index contributed by atoms with van der Waals surface area (Å²) in [7, 11) is 0. The van der Waals surface area contributed by atoms with Gasteiger partial charge in [0.2, 0.25) is 5.91 Å². The Morgan fingerprint density at radius 1 is 1.47 bits per heavy atom. The standard InChI is InChI=1S/C13H15BrFNO/c14-12-5-2-7-16(13(12)17)8-6-10-3-1-4-11(15)9-10/h1,3-4,9,12H,2,5-8H2. The minimum Gasteiger partial charge on any atom is -0.341 e. The summed E-state index contributed by atoms with van der Waals surface area (Å²) in [6, 6.07) is 6.56. The molecule has 0 saturated carbocycles. The monoisotopic (exact) mass is 299 g/mol. The van der Waals surface area contributed by atoms with Crippen molar-refractivity contribution in [2.24, 2.45) is 0 Å². The Balaban J connectivity index is 1.91. The van der Waals surface area contributed by atoms with Gasteiger partial charge in [0.1, 0.15) is 5.82 Å². The summed E-state index contributed by atoms with van der Waals surface area (Å²) in [5.41, 5.74) is 0.939. The number of rotatable bonds is 3. The number of likely N-dealkylation sites (tertiary alicyclic amines) is 1. The highest BCUT2D eigenvalue weighted by molar-refractivity contribution is 9.10. The molecule has 0 bridgehead atoms. The summed E-state index contributed by atoms with van der Waals surface area (Å²) in [5.74, 6) is -0.0570. The second kappa shape index (κ2) is 5.63. The Morgan fingerprint density at radius 3 is 3.06 bits per heavy atom. The molecule has 1 atom stereocenters. The van der Waals surface area contributed by atoms with Crippen molar-refractivity contribution in [3.05, 3.63) is 35.6 Å². The molecule has 2 rings (SSSR count). The number of benzene rings is 1. The van der Waals surface area contributed by atoms with Crippen LogP contribution in [0.4, 0.5) is 4.39 Å². The molecule has 1 aliphatic rings. The highest BCUT2D eigenvalue weighted by Gasteiger charge is 2.25. The molecular weight excluding hydrogens is 285 g/mol. The zero-order valence-electron chi connectivity index (χ0n) is 9.53. The molecule has 0 radical (unpaired) electrons. The first-order valence-corrected chi connectivity index (χ1v) is 6.75. The fraction of sp³-hybridized carbons (Fsp3) is 0.462. The predicted octanol–water partition coefficient (Wildman–Crippen LogP) is 2.75. The van der Waals surface area contributed by atoms with E-state index in [1.165, 1.54) is 12.1 Å². The van der Waals surface area contributed by atoms with E-state index in [1.807, 2.05) is 11.0 Å². The molecule has 0 N–H and O–H groups in total. The minimum absolute atomic E-state index is 0.0382. The van der Waals surface area contributed by atoms with E-state index < -0.39 is 0 Å². The van der Waals surface area contributed by atoms with Crippen molar-refractivity contribution in [2.75, 3.05) is 13.1 Å². The molecule has 1 heterocycles. The van der Waals surface area contributed by atoms with Crippen molar-refractivity contribution in [3.63, 3.8) is 0 Å². The summed E-state index contributed by atoms with van der Waals surface area (Å²) in [5, 5.41) is 0. The fourth-order valence-corrected chi connectivity index (χ4v) is 2.68. The largest absolute Gasteiger partial charge is 0.341 e. The van der Waals surface area contributed by atoms with Crippen LogP contribution in [0.3, 0.4) is 0 Å². The van der Waals surface area contributed by atoms with Crippen molar-refractivity contribution in [1.82, 2.24) is 4.90 Å². The number of hydrogen-bond acceptors (Lipinski definition) is 1. The van der Waals surface area contributed by atoms with Crippen LogP contribution in [0.5, 0.6) is 0 Å². The number of piperidine rings is 1. The maximum atomic E-state index is 13.0. The summed E-state index contributed by atoms with van der Waals surface area (Å²) >= 11 is 3.38. The average Bonchev–Trinajstić information content (AvgIpc) is 2.31. The summed E-state index contributed by atoms with van der Waals surface area (Å²) < 4.78 is 13.0. The first kappa shape index (κ1) is 12.6. The summed E-state index contributed by atoms with van der Waals surface area (Å²) in [6.45, 7) is 1.49. The molecule has 1 unspecified atom stereocenters. The van der Waals surface area contributed by atoms with Gasteiger partial charge in [0.25, 0.3) is 0 Å². The number of nitrogens with zero attached hydrogens (tertiary/aromatic N) is 1. The van der Waals surface area contributed by atoms with Gasteiger partial charge in [-0.3, -0.25) is 4.79 Å². The second-order valence-corrected chi connectivity index (χ2v) is 5.42. The van der Waals surface area contributed by atoms with Crippen molar-refractivity contribution >= 4 is 21.8 Å². The molecule has 1 aromatic rings. The van der Waals surface area contributed by atoms with E-state index >= 15 is 0 Å². The van der Waals surface area contributed by atoms with E-state index in [-0.39, 0.29) is 16.6 Å². The SMILES string of the molecule is O=C1C(Br)CCCN1CCc1cccc(F)c1. The molecule has 2 nitrogen and oxygen atoms in total. The van der Waals surface area contributed by atoms with E-state index in [0.717, 1.165) is 24.9 Å². The van der Waals surface area contributed by atoms with Gasteiger partial charge in [-0.25, -0.2) is 4.39 Å². The first-order valence-electron chi connectivity index (χ1n) is 5.84. The molecular formula is C13H15BrFNO. The van der Waals surface area contributed by atoms with Gasteiger partial charge in [0.15, 0.2) is 0 Å². The highest BCUT2D eigenvalue weighted by atomic mass is 79.9. The van der Waals surface area contributed by atoms with Crippen molar-refractivity contribution in [2.45, 2.75) is 24.1 Å². The van der Waals surface area contributed by atoms with Gasteiger partial charge in [-0.05, 0) is 37.0 Å². The second-order valence-electron chi connectivity index (χ2n) is 4.31. The Labute approximate surface area is 109 Å². The van der Waals surface area contributed by atoms with Crippen molar-refractivity contribution < 1.29 is 9.18 Å². The van der Waals surface area contributed by atoms with Crippen LogP contribution in [-0.2, 0) is 11.2 Å². The van der Waals surface area contributed by atoms with Gasteiger partial charge < -0.3 is 4.90 Å². The van der Waals surface area contributed by atoms with E-state index in [2.05, 4.69) is 15.9 Å². The Bertz CT molecular complexity index is 410. The quantitative estimate of drug-likeness (QED) is 0.786. The molecule has 1 saturated heterocycles. The van der Waals surface area contributed by atoms with Crippen LogP contribution in [-0.4, -0.2) is 28.7 Å². The number of amides is 1. The highest BCUT2D eigenvalue weighted by Crippen LogP contribution is 2.18. The van der Waals surface area contributed by atoms with Crippen LogP contribution >= 0.6 is 15.9 Å². The fourth-order valence-electron chi connectivity index (χ4n) is 2.07. The van der Waals surface area contributed by atoms with Crippen LogP contribution in [0, 0.1) is 5.82 Å². The maximum Gasteiger partial charge on any atom is 0.236 e. The van der Waals surface area contributed by atoms with E-state index in [4.69, 9.17) is 0 Å². The first-order chi connectivity index (χ1) is 8.16.